The summed E-state index contributed by atoms with van der Waals surface area (Å²) < 4.78 is 17.0. The highest BCUT2D eigenvalue weighted by Gasteiger charge is 2.51. The van der Waals surface area contributed by atoms with Gasteiger partial charge in [0, 0.05) is 46.4 Å². The van der Waals surface area contributed by atoms with Crippen LogP contribution >= 0.6 is 23.2 Å². The first-order chi connectivity index (χ1) is 19.2. The van der Waals surface area contributed by atoms with Gasteiger partial charge in [-0.25, -0.2) is 0 Å². The number of halogens is 2. The van der Waals surface area contributed by atoms with Gasteiger partial charge in [-0.05, 0) is 42.8 Å². The first-order valence-electron chi connectivity index (χ1n) is 12.7. The van der Waals surface area contributed by atoms with Crippen LogP contribution in [0.1, 0.15) is 34.3 Å². The minimum absolute atomic E-state index is 0.0143. The molecule has 0 radical (unpaired) electrons. The fraction of sp³-hybridized carbons (Fsp3) is 0.393. The molecule has 0 bridgehead atoms. The molecule has 2 aromatic rings. The molecular weight excluding hydrogens is 563 g/mol. The van der Waals surface area contributed by atoms with Crippen LogP contribution in [-0.2, 0) is 20.9 Å². The lowest BCUT2D eigenvalue weighted by molar-refractivity contribution is -0.142. The van der Waals surface area contributed by atoms with Crippen molar-refractivity contribution in [1.29, 1.82) is 0 Å². The number of fused-ring (bicyclic) bond motifs is 3. The Bertz CT molecular complexity index is 1320. The standard InChI is InChI=1S/C28H30Cl2N2O8/c1-3-39-14-23(35)32(12-16-4-5-17(29)10-20(16)30)21-11-19(28(37)31-6-7-33)24-18-8-15(13-34)9-22(38-2)26(18)40-27(24)25(21)36/h4-5,8-11,13,21,24-25,27,33,36H,3,6-7,12,14H2,1-2H3,(H,31,37). The number of ether oxygens (including phenoxy) is 3. The van der Waals surface area contributed by atoms with E-state index in [1.807, 2.05) is 0 Å². The Morgan fingerprint density at radius 2 is 2.00 bits per heavy atom. The molecule has 3 N–H and O–H groups in total. The molecule has 1 aliphatic carbocycles. The van der Waals surface area contributed by atoms with Crippen LogP contribution in [-0.4, -0.2) is 84.9 Å². The van der Waals surface area contributed by atoms with Gasteiger partial charge < -0.3 is 34.6 Å². The number of nitrogens with zero attached hydrogens (tertiary/aromatic N) is 1. The molecule has 40 heavy (non-hydrogen) atoms. The summed E-state index contributed by atoms with van der Waals surface area (Å²) in [6, 6.07) is 6.92. The molecule has 2 aromatic carbocycles. The minimum Gasteiger partial charge on any atom is -0.493 e. The van der Waals surface area contributed by atoms with E-state index in [-0.39, 0.29) is 43.4 Å². The molecule has 1 aliphatic heterocycles. The molecule has 2 amide bonds. The summed E-state index contributed by atoms with van der Waals surface area (Å²) in [7, 11) is 1.42. The maximum atomic E-state index is 13.4. The quantitative estimate of drug-likeness (QED) is 0.339. The van der Waals surface area contributed by atoms with Crippen LogP contribution in [0.25, 0.3) is 0 Å². The zero-order chi connectivity index (χ0) is 29.0. The van der Waals surface area contributed by atoms with E-state index in [0.717, 1.165) is 0 Å². The molecule has 4 atom stereocenters. The first-order valence-corrected chi connectivity index (χ1v) is 13.4. The second-order valence-corrected chi connectivity index (χ2v) is 10.1. The maximum Gasteiger partial charge on any atom is 0.249 e. The molecule has 0 fully saturated rings. The minimum atomic E-state index is -1.30. The van der Waals surface area contributed by atoms with Crippen LogP contribution in [0.4, 0.5) is 0 Å². The van der Waals surface area contributed by atoms with Crippen molar-refractivity contribution in [3.63, 3.8) is 0 Å². The van der Waals surface area contributed by atoms with Gasteiger partial charge in [0.25, 0.3) is 0 Å². The number of carbonyl (C=O) groups excluding carboxylic acids is 3. The van der Waals surface area contributed by atoms with E-state index in [1.165, 1.54) is 24.2 Å². The molecule has 12 heteroatoms. The Labute approximate surface area is 241 Å². The third-order valence-corrected chi connectivity index (χ3v) is 7.46. The SMILES string of the molecule is CCOCC(=O)N(Cc1ccc(Cl)cc1Cl)C1C=C(C(=O)NCCO)C2c3cc(C=O)cc(OC)c3OC2C1O. The predicted octanol–water partition coefficient (Wildman–Crippen LogP) is 2.50. The summed E-state index contributed by atoms with van der Waals surface area (Å²) in [6.07, 6.45) is -0.131. The fourth-order valence-electron chi connectivity index (χ4n) is 5.02. The third kappa shape index (κ3) is 5.96. The number of nitrogens with one attached hydrogen (secondary N) is 1. The number of aliphatic hydroxyl groups excluding tert-OH is 2. The van der Waals surface area contributed by atoms with Crippen LogP contribution < -0.4 is 14.8 Å². The van der Waals surface area contributed by atoms with Crippen LogP contribution in [0, 0.1) is 0 Å². The summed E-state index contributed by atoms with van der Waals surface area (Å²) in [4.78, 5) is 39.8. The number of benzene rings is 2. The summed E-state index contributed by atoms with van der Waals surface area (Å²) in [5.41, 5.74) is 1.56. The van der Waals surface area contributed by atoms with Crippen molar-refractivity contribution >= 4 is 41.3 Å². The van der Waals surface area contributed by atoms with Crippen molar-refractivity contribution in [3.05, 3.63) is 68.7 Å². The number of rotatable bonds is 11. The van der Waals surface area contributed by atoms with Crippen molar-refractivity contribution < 1.29 is 38.8 Å². The average molecular weight is 593 g/mol. The Morgan fingerprint density at radius 3 is 2.65 bits per heavy atom. The molecule has 2 aliphatic rings. The van der Waals surface area contributed by atoms with Crippen molar-refractivity contribution in [2.24, 2.45) is 0 Å². The van der Waals surface area contributed by atoms with Gasteiger partial charge in [0.05, 0.1) is 25.7 Å². The van der Waals surface area contributed by atoms with Gasteiger partial charge in [-0.1, -0.05) is 29.3 Å². The lowest BCUT2D eigenvalue weighted by Gasteiger charge is -2.40. The highest BCUT2D eigenvalue weighted by Crippen LogP contribution is 2.51. The summed E-state index contributed by atoms with van der Waals surface area (Å²) in [5, 5.41) is 24.4. The number of hydrogen-bond donors (Lipinski definition) is 3. The van der Waals surface area contributed by atoms with Crippen LogP contribution in [0.15, 0.2) is 42.0 Å². The normalized spacial score (nSPS) is 21.0. The number of carbonyl (C=O) groups is 3. The maximum absolute atomic E-state index is 13.4. The smallest absolute Gasteiger partial charge is 0.249 e. The number of aldehydes is 1. The first kappa shape index (κ1) is 29.8. The summed E-state index contributed by atoms with van der Waals surface area (Å²) in [6.45, 7) is 1.46. The van der Waals surface area contributed by atoms with Gasteiger partial charge in [-0.15, -0.1) is 0 Å². The molecule has 4 rings (SSSR count). The van der Waals surface area contributed by atoms with E-state index in [0.29, 0.717) is 39.6 Å². The van der Waals surface area contributed by atoms with Gasteiger partial charge in [-0.2, -0.15) is 0 Å². The molecule has 0 aromatic heterocycles. The van der Waals surface area contributed by atoms with Gasteiger partial charge in [0.15, 0.2) is 11.5 Å². The molecule has 214 valence electrons. The second kappa shape index (κ2) is 13.0. The molecule has 0 spiro atoms. The number of aliphatic hydroxyl groups is 2. The van der Waals surface area contributed by atoms with E-state index in [1.54, 1.807) is 31.2 Å². The third-order valence-electron chi connectivity index (χ3n) is 6.88. The number of amides is 2. The molecule has 4 unspecified atom stereocenters. The summed E-state index contributed by atoms with van der Waals surface area (Å²) in [5.74, 6) is -1.19. The molecular formula is C28H30Cl2N2O8. The van der Waals surface area contributed by atoms with Crippen LogP contribution in [0.3, 0.4) is 0 Å². The molecule has 10 nitrogen and oxygen atoms in total. The zero-order valence-electron chi connectivity index (χ0n) is 21.9. The van der Waals surface area contributed by atoms with E-state index in [2.05, 4.69) is 5.32 Å². The molecule has 1 heterocycles. The van der Waals surface area contributed by atoms with Gasteiger partial charge in [-0.3, -0.25) is 14.4 Å². The Balaban J connectivity index is 1.82. The van der Waals surface area contributed by atoms with Gasteiger partial charge in [0.2, 0.25) is 11.8 Å². The highest BCUT2D eigenvalue weighted by atomic mass is 35.5. The van der Waals surface area contributed by atoms with Crippen LogP contribution in [0.5, 0.6) is 11.5 Å². The summed E-state index contributed by atoms with van der Waals surface area (Å²) >= 11 is 12.5. The van der Waals surface area contributed by atoms with Gasteiger partial charge >= 0.3 is 0 Å². The van der Waals surface area contributed by atoms with E-state index in [9.17, 15) is 24.6 Å². The number of methoxy groups -OCH3 is 1. The van der Waals surface area contributed by atoms with E-state index < -0.39 is 36.0 Å². The monoisotopic (exact) mass is 592 g/mol. The van der Waals surface area contributed by atoms with Crippen LogP contribution in [0.2, 0.25) is 10.0 Å². The fourth-order valence-corrected chi connectivity index (χ4v) is 5.49. The van der Waals surface area contributed by atoms with E-state index in [4.69, 9.17) is 37.4 Å². The Hall–Kier alpha value is -3.15. The van der Waals surface area contributed by atoms with Crippen molar-refractivity contribution in [3.8, 4) is 11.5 Å². The number of hydrogen-bond acceptors (Lipinski definition) is 8. The lowest BCUT2D eigenvalue weighted by Crippen LogP contribution is -2.56. The largest absolute Gasteiger partial charge is 0.493 e. The van der Waals surface area contributed by atoms with E-state index >= 15 is 0 Å². The lowest BCUT2D eigenvalue weighted by atomic mass is 9.77. The molecule has 0 saturated heterocycles. The predicted molar refractivity (Wildman–Crippen MR) is 147 cm³/mol. The molecule has 0 saturated carbocycles. The van der Waals surface area contributed by atoms with Crippen molar-refractivity contribution in [2.45, 2.75) is 37.6 Å². The highest BCUT2D eigenvalue weighted by molar-refractivity contribution is 6.35. The topological polar surface area (TPSA) is 135 Å². The Morgan fingerprint density at radius 1 is 1.23 bits per heavy atom. The van der Waals surface area contributed by atoms with Gasteiger partial charge in [0.1, 0.15) is 25.1 Å². The second-order valence-electron chi connectivity index (χ2n) is 9.30. The Kier molecular flexibility index (Phi) is 9.70. The average Bonchev–Trinajstić information content (AvgIpc) is 3.34. The van der Waals surface area contributed by atoms with Crippen molar-refractivity contribution in [1.82, 2.24) is 10.2 Å². The zero-order valence-corrected chi connectivity index (χ0v) is 23.4. The van der Waals surface area contributed by atoms with Crippen molar-refractivity contribution in [2.75, 3.05) is 33.5 Å².